The predicted molar refractivity (Wildman–Crippen MR) is 67.8 cm³/mol. The lowest BCUT2D eigenvalue weighted by molar-refractivity contribution is 0.560. The minimum absolute atomic E-state index is 0.00324. The lowest BCUT2D eigenvalue weighted by atomic mass is 10.1. The summed E-state index contributed by atoms with van der Waals surface area (Å²) in [5, 5.41) is 3.16. The minimum atomic E-state index is -3.51. The standard InChI is InChI=1S/C12H15N3O2S/c1-9-5-4-6-11(7-9)10(2)18(16,17)12-13-8-14-15(12)3/h4-8,10H,1-3H3/t10-/m1/s1. The summed E-state index contributed by atoms with van der Waals surface area (Å²) in [6.45, 7) is 3.60. The molecule has 1 atom stereocenters. The number of rotatable bonds is 3. The van der Waals surface area contributed by atoms with E-state index in [1.807, 2.05) is 31.2 Å². The zero-order valence-corrected chi connectivity index (χ0v) is 11.3. The second kappa shape index (κ2) is 4.53. The second-order valence-electron chi connectivity index (χ2n) is 4.27. The van der Waals surface area contributed by atoms with Crippen molar-refractivity contribution in [3.8, 4) is 0 Å². The van der Waals surface area contributed by atoms with Crippen molar-refractivity contribution in [1.82, 2.24) is 14.8 Å². The molecule has 2 aromatic rings. The third kappa shape index (κ3) is 2.15. The first kappa shape index (κ1) is 12.8. The molecule has 0 spiro atoms. The van der Waals surface area contributed by atoms with E-state index in [0.29, 0.717) is 0 Å². The van der Waals surface area contributed by atoms with E-state index in [1.165, 1.54) is 11.0 Å². The molecule has 0 aliphatic carbocycles. The molecule has 1 aromatic carbocycles. The van der Waals surface area contributed by atoms with Crippen LogP contribution in [0.1, 0.15) is 23.3 Å². The molecule has 0 amide bonds. The quantitative estimate of drug-likeness (QED) is 0.846. The van der Waals surface area contributed by atoms with Gasteiger partial charge in [0.2, 0.25) is 15.0 Å². The Morgan fingerprint density at radius 2 is 2.06 bits per heavy atom. The Balaban J connectivity index is 2.46. The van der Waals surface area contributed by atoms with E-state index in [9.17, 15) is 8.42 Å². The summed E-state index contributed by atoms with van der Waals surface area (Å²) in [6, 6.07) is 7.47. The van der Waals surface area contributed by atoms with Crippen LogP contribution in [0, 0.1) is 6.92 Å². The van der Waals surface area contributed by atoms with Crippen LogP contribution >= 0.6 is 0 Å². The van der Waals surface area contributed by atoms with Crippen molar-refractivity contribution in [1.29, 1.82) is 0 Å². The van der Waals surface area contributed by atoms with Gasteiger partial charge in [0.25, 0.3) is 0 Å². The molecule has 2 rings (SSSR count). The van der Waals surface area contributed by atoms with Gasteiger partial charge in [0.15, 0.2) is 0 Å². The zero-order chi connectivity index (χ0) is 13.3. The molecule has 0 aliphatic rings. The minimum Gasteiger partial charge on any atom is -0.240 e. The van der Waals surface area contributed by atoms with Crippen LogP contribution in [0.4, 0.5) is 0 Å². The fourth-order valence-electron chi connectivity index (χ4n) is 1.80. The number of benzene rings is 1. The van der Waals surface area contributed by atoms with E-state index < -0.39 is 15.1 Å². The first-order valence-electron chi connectivity index (χ1n) is 5.57. The number of hydrogen-bond donors (Lipinski definition) is 0. The van der Waals surface area contributed by atoms with E-state index in [-0.39, 0.29) is 5.16 Å². The summed E-state index contributed by atoms with van der Waals surface area (Å²) in [4.78, 5) is 3.82. The molecule has 96 valence electrons. The average Bonchev–Trinajstić information content (AvgIpc) is 2.75. The molecule has 0 saturated heterocycles. The van der Waals surface area contributed by atoms with E-state index in [4.69, 9.17) is 0 Å². The second-order valence-corrected chi connectivity index (χ2v) is 6.43. The normalized spacial score (nSPS) is 13.5. The third-order valence-corrected chi connectivity index (χ3v) is 4.98. The van der Waals surface area contributed by atoms with Crippen molar-refractivity contribution in [3.05, 3.63) is 41.7 Å². The maximum absolute atomic E-state index is 12.4. The Morgan fingerprint density at radius 3 is 2.61 bits per heavy atom. The number of nitrogens with zero attached hydrogens (tertiary/aromatic N) is 3. The van der Waals surface area contributed by atoms with Crippen molar-refractivity contribution >= 4 is 9.84 Å². The van der Waals surface area contributed by atoms with Gasteiger partial charge in [-0.05, 0) is 19.4 Å². The van der Waals surface area contributed by atoms with Gasteiger partial charge in [0.1, 0.15) is 6.33 Å². The van der Waals surface area contributed by atoms with Gasteiger partial charge < -0.3 is 0 Å². The predicted octanol–water partition coefficient (Wildman–Crippen LogP) is 1.66. The summed E-state index contributed by atoms with van der Waals surface area (Å²) in [6.07, 6.45) is 1.25. The molecule has 0 N–H and O–H groups in total. The van der Waals surface area contributed by atoms with Crippen LogP contribution in [0.15, 0.2) is 35.7 Å². The van der Waals surface area contributed by atoms with E-state index in [1.54, 1.807) is 14.0 Å². The Labute approximate surface area is 106 Å². The Hall–Kier alpha value is -1.69. The van der Waals surface area contributed by atoms with Crippen LogP contribution in [0.3, 0.4) is 0 Å². The first-order chi connectivity index (χ1) is 8.43. The molecular weight excluding hydrogens is 250 g/mol. The fourth-order valence-corrected chi connectivity index (χ4v) is 3.23. The Bertz CT molecular complexity index is 661. The van der Waals surface area contributed by atoms with E-state index in [0.717, 1.165) is 11.1 Å². The van der Waals surface area contributed by atoms with Crippen LogP contribution in [-0.2, 0) is 16.9 Å². The van der Waals surface area contributed by atoms with Crippen molar-refractivity contribution in [2.45, 2.75) is 24.3 Å². The summed E-state index contributed by atoms with van der Waals surface area (Å²) in [5.74, 6) is 0. The van der Waals surface area contributed by atoms with Crippen molar-refractivity contribution in [3.63, 3.8) is 0 Å². The van der Waals surface area contributed by atoms with Gasteiger partial charge in [0.05, 0.1) is 5.25 Å². The number of aryl methyl sites for hydroxylation is 2. The SMILES string of the molecule is Cc1cccc([C@@H](C)S(=O)(=O)c2ncnn2C)c1. The molecule has 0 aliphatic heterocycles. The molecule has 0 fully saturated rings. The number of hydrogen-bond acceptors (Lipinski definition) is 4. The van der Waals surface area contributed by atoms with Gasteiger partial charge in [-0.2, -0.15) is 5.10 Å². The molecular formula is C12H15N3O2S. The lowest BCUT2D eigenvalue weighted by Crippen LogP contribution is -2.15. The van der Waals surface area contributed by atoms with Gasteiger partial charge in [-0.1, -0.05) is 29.8 Å². The highest BCUT2D eigenvalue weighted by molar-refractivity contribution is 7.91. The molecule has 0 unspecified atom stereocenters. The van der Waals surface area contributed by atoms with E-state index >= 15 is 0 Å². The first-order valence-corrected chi connectivity index (χ1v) is 7.12. The van der Waals surface area contributed by atoms with Crippen LogP contribution in [0.2, 0.25) is 0 Å². The average molecular weight is 265 g/mol. The molecule has 0 radical (unpaired) electrons. The molecule has 0 saturated carbocycles. The number of aromatic nitrogens is 3. The van der Waals surface area contributed by atoms with E-state index in [2.05, 4.69) is 10.1 Å². The van der Waals surface area contributed by atoms with Gasteiger partial charge in [-0.15, -0.1) is 0 Å². The molecule has 1 heterocycles. The monoisotopic (exact) mass is 265 g/mol. The van der Waals surface area contributed by atoms with Crippen LogP contribution in [0.25, 0.3) is 0 Å². The van der Waals surface area contributed by atoms with Gasteiger partial charge >= 0.3 is 0 Å². The van der Waals surface area contributed by atoms with Crippen molar-refractivity contribution in [2.24, 2.45) is 7.05 Å². The van der Waals surface area contributed by atoms with Crippen LogP contribution in [-0.4, -0.2) is 23.2 Å². The topological polar surface area (TPSA) is 64.8 Å². The largest absolute Gasteiger partial charge is 0.245 e. The number of sulfone groups is 1. The summed E-state index contributed by atoms with van der Waals surface area (Å²) < 4.78 is 26.1. The summed E-state index contributed by atoms with van der Waals surface area (Å²) >= 11 is 0. The van der Waals surface area contributed by atoms with Crippen LogP contribution in [0.5, 0.6) is 0 Å². The lowest BCUT2D eigenvalue weighted by Gasteiger charge is -2.12. The van der Waals surface area contributed by atoms with Gasteiger partial charge in [-0.25, -0.2) is 18.1 Å². The molecule has 6 heteroatoms. The Kier molecular flexibility index (Phi) is 3.21. The maximum Gasteiger partial charge on any atom is 0.245 e. The molecule has 0 bridgehead atoms. The Morgan fingerprint density at radius 1 is 1.33 bits per heavy atom. The highest BCUT2D eigenvalue weighted by Gasteiger charge is 2.29. The molecule has 18 heavy (non-hydrogen) atoms. The van der Waals surface area contributed by atoms with Gasteiger partial charge in [0, 0.05) is 7.05 Å². The summed E-state index contributed by atoms with van der Waals surface area (Å²) in [7, 11) is -1.93. The maximum atomic E-state index is 12.4. The zero-order valence-electron chi connectivity index (χ0n) is 10.5. The fraction of sp³-hybridized carbons (Fsp3) is 0.333. The third-order valence-electron chi connectivity index (χ3n) is 2.90. The van der Waals surface area contributed by atoms with Gasteiger partial charge in [-0.3, -0.25) is 0 Å². The smallest absolute Gasteiger partial charge is 0.240 e. The highest BCUT2D eigenvalue weighted by atomic mass is 32.2. The van der Waals surface area contributed by atoms with Crippen molar-refractivity contribution in [2.75, 3.05) is 0 Å². The summed E-state index contributed by atoms with van der Waals surface area (Å²) in [5.41, 5.74) is 1.80. The van der Waals surface area contributed by atoms with Crippen LogP contribution < -0.4 is 0 Å². The molecule has 5 nitrogen and oxygen atoms in total. The van der Waals surface area contributed by atoms with Crippen molar-refractivity contribution < 1.29 is 8.42 Å². The molecule has 1 aromatic heterocycles. The highest BCUT2D eigenvalue weighted by Crippen LogP contribution is 2.27.